The van der Waals surface area contributed by atoms with E-state index in [9.17, 15) is 4.79 Å². The van der Waals surface area contributed by atoms with Crippen molar-refractivity contribution in [2.75, 3.05) is 5.32 Å². The Labute approximate surface area is 118 Å². The van der Waals surface area contributed by atoms with Gasteiger partial charge < -0.3 is 5.32 Å². The second-order valence-electron chi connectivity index (χ2n) is 3.80. The Morgan fingerprint density at radius 3 is 2.89 bits per heavy atom. The zero-order chi connectivity index (χ0) is 13.0. The van der Waals surface area contributed by atoms with Gasteiger partial charge in [0.25, 0.3) is 0 Å². The molecule has 0 aliphatic carbocycles. The number of aryl methyl sites for hydroxylation is 1. The van der Waals surface area contributed by atoms with Crippen LogP contribution in [0, 0.1) is 6.92 Å². The van der Waals surface area contributed by atoms with Crippen LogP contribution in [-0.4, -0.2) is 5.78 Å². The first-order valence-corrected chi connectivity index (χ1v) is 7.11. The molecule has 92 valence electrons. The molecule has 2 aromatic rings. The zero-order valence-corrected chi connectivity index (χ0v) is 12.2. The molecule has 0 spiro atoms. The highest BCUT2D eigenvalue weighted by molar-refractivity contribution is 9.10. The summed E-state index contributed by atoms with van der Waals surface area (Å²) in [5.74, 6) is 0.0146. The fourth-order valence-corrected chi connectivity index (χ4v) is 2.70. The molecule has 0 amide bonds. The van der Waals surface area contributed by atoms with E-state index >= 15 is 0 Å². The topological polar surface area (TPSA) is 29.1 Å². The van der Waals surface area contributed by atoms with E-state index in [0.717, 1.165) is 15.0 Å². The lowest BCUT2D eigenvalue weighted by atomic mass is 10.2. The summed E-state index contributed by atoms with van der Waals surface area (Å²) in [6.07, 6.45) is 3.20. The van der Waals surface area contributed by atoms with Crippen molar-refractivity contribution in [2.24, 2.45) is 0 Å². The fourth-order valence-electron chi connectivity index (χ4n) is 1.45. The van der Waals surface area contributed by atoms with E-state index in [4.69, 9.17) is 0 Å². The largest absolute Gasteiger partial charge is 0.361 e. The van der Waals surface area contributed by atoms with Gasteiger partial charge in [0.1, 0.15) is 0 Å². The van der Waals surface area contributed by atoms with Gasteiger partial charge in [-0.25, -0.2) is 0 Å². The molecule has 0 saturated carbocycles. The molecular weight excluding hydrogens is 310 g/mol. The predicted octanol–water partition coefficient (Wildman–Crippen LogP) is 4.63. The first kappa shape index (κ1) is 13.1. The van der Waals surface area contributed by atoms with Crippen LogP contribution in [0.25, 0.3) is 0 Å². The van der Waals surface area contributed by atoms with Gasteiger partial charge in [-0.05, 0) is 52.0 Å². The van der Waals surface area contributed by atoms with E-state index in [1.165, 1.54) is 23.0 Å². The van der Waals surface area contributed by atoms with Gasteiger partial charge in [-0.3, -0.25) is 4.79 Å². The highest BCUT2D eigenvalue weighted by Crippen LogP contribution is 2.23. The van der Waals surface area contributed by atoms with Crippen molar-refractivity contribution < 1.29 is 4.79 Å². The summed E-state index contributed by atoms with van der Waals surface area (Å²) in [5, 5.41) is 4.98. The van der Waals surface area contributed by atoms with Gasteiger partial charge in [0.15, 0.2) is 5.78 Å². The summed E-state index contributed by atoms with van der Waals surface area (Å²) in [6, 6.07) is 9.70. The molecule has 0 aliphatic heterocycles. The second kappa shape index (κ2) is 5.98. The average molecular weight is 322 g/mol. The molecule has 18 heavy (non-hydrogen) atoms. The highest BCUT2D eigenvalue weighted by Gasteiger charge is 2.01. The molecule has 1 N–H and O–H groups in total. The molecule has 0 unspecified atom stereocenters. The van der Waals surface area contributed by atoms with Crippen molar-refractivity contribution in [1.82, 2.24) is 0 Å². The average Bonchev–Trinajstić information content (AvgIpc) is 2.85. The van der Waals surface area contributed by atoms with Crippen molar-refractivity contribution in [2.45, 2.75) is 6.92 Å². The number of thiophene rings is 1. The maximum atomic E-state index is 11.7. The van der Waals surface area contributed by atoms with Gasteiger partial charge in [-0.1, -0.05) is 12.1 Å². The Bertz CT molecular complexity index is 575. The van der Waals surface area contributed by atoms with E-state index in [1.54, 1.807) is 6.20 Å². The van der Waals surface area contributed by atoms with E-state index in [2.05, 4.69) is 21.2 Å². The predicted molar refractivity (Wildman–Crippen MR) is 80.3 cm³/mol. The van der Waals surface area contributed by atoms with Gasteiger partial charge in [-0.2, -0.15) is 0 Å². The van der Waals surface area contributed by atoms with Crippen LogP contribution in [0.4, 0.5) is 5.69 Å². The molecular formula is C14H12BrNOS. The summed E-state index contributed by atoms with van der Waals surface area (Å²) >= 11 is 4.92. The Kier molecular flexibility index (Phi) is 4.33. The lowest BCUT2D eigenvalue weighted by Gasteiger charge is -2.04. The Hall–Kier alpha value is -1.39. The fraction of sp³-hybridized carbons (Fsp3) is 0.0714. The number of halogens is 1. The number of hydrogen-bond acceptors (Lipinski definition) is 3. The maximum absolute atomic E-state index is 11.7. The van der Waals surface area contributed by atoms with Crippen molar-refractivity contribution in [3.63, 3.8) is 0 Å². The zero-order valence-electron chi connectivity index (χ0n) is 9.81. The summed E-state index contributed by atoms with van der Waals surface area (Å²) in [5.41, 5.74) is 2.13. The lowest BCUT2D eigenvalue weighted by molar-refractivity contribution is 0.105. The van der Waals surface area contributed by atoms with Crippen LogP contribution in [0.15, 0.2) is 52.5 Å². The smallest absolute Gasteiger partial charge is 0.197 e. The molecule has 0 bridgehead atoms. The third-order valence-electron chi connectivity index (χ3n) is 2.36. The maximum Gasteiger partial charge on any atom is 0.197 e. The summed E-state index contributed by atoms with van der Waals surface area (Å²) in [7, 11) is 0. The van der Waals surface area contributed by atoms with Crippen molar-refractivity contribution in [3.05, 3.63) is 62.9 Å². The van der Waals surface area contributed by atoms with Gasteiger partial charge in [0.05, 0.1) is 10.6 Å². The number of carbonyl (C=O) groups is 1. The van der Waals surface area contributed by atoms with Crippen LogP contribution in [0.2, 0.25) is 0 Å². The van der Waals surface area contributed by atoms with Gasteiger partial charge in [0.2, 0.25) is 0 Å². The van der Waals surface area contributed by atoms with Gasteiger partial charge in [-0.15, -0.1) is 11.3 Å². The van der Waals surface area contributed by atoms with Crippen molar-refractivity contribution >= 4 is 38.7 Å². The minimum Gasteiger partial charge on any atom is -0.361 e. The van der Waals surface area contributed by atoms with Crippen LogP contribution in [0.1, 0.15) is 15.2 Å². The van der Waals surface area contributed by atoms with E-state index in [1.807, 2.05) is 42.6 Å². The number of rotatable bonds is 4. The number of benzene rings is 1. The Morgan fingerprint density at radius 1 is 1.39 bits per heavy atom. The molecule has 0 atom stereocenters. The van der Waals surface area contributed by atoms with E-state index in [-0.39, 0.29) is 5.78 Å². The Balaban J connectivity index is 2.01. The van der Waals surface area contributed by atoms with Crippen molar-refractivity contribution in [3.8, 4) is 0 Å². The van der Waals surface area contributed by atoms with Crippen LogP contribution < -0.4 is 5.32 Å². The SMILES string of the molecule is Cc1ccc(NC=CC(=O)c2cccs2)c(Br)c1. The molecule has 0 aliphatic rings. The van der Waals surface area contributed by atoms with Crippen LogP contribution in [0.3, 0.4) is 0 Å². The van der Waals surface area contributed by atoms with E-state index < -0.39 is 0 Å². The second-order valence-corrected chi connectivity index (χ2v) is 5.60. The van der Waals surface area contributed by atoms with Crippen LogP contribution >= 0.6 is 27.3 Å². The number of allylic oxidation sites excluding steroid dienone is 1. The summed E-state index contributed by atoms with van der Waals surface area (Å²) in [6.45, 7) is 2.03. The third-order valence-corrected chi connectivity index (χ3v) is 3.90. The van der Waals surface area contributed by atoms with E-state index in [0.29, 0.717) is 0 Å². The first-order valence-electron chi connectivity index (χ1n) is 5.44. The lowest BCUT2D eigenvalue weighted by Crippen LogP contribution is -1.94. The molecule has 2 nitrogen and oxygen atoms in total. The standard InChI is InChI=1S/C14H12BrNOS/c1-10-4-5-12(11(15)9-10)16-7-6-13(17)14-3-2-8-18-14/h2-9,16H,1H3. The van der Waals surface area contributed by atoms with Crippen LogP contribution in [-0.2, 0) is 0 Å². The normalized spacial score (nSPS) is 10.8. The van der Waals surface area contributed by atoms with Crippen LogP contribution in [0.5, 0.6) is 0 Å². The number of hydrogen-bond donors (Lipinski definition) is 1. The molecule has 0 radical (unpaired) electrons. The minimum absolute atomic E-state index is 0.0146. The Morgan fingerprint density at radius 2 is 2.22 bits per heavy atom. The minimum atomic E-state index is 0.0146. The molecule has 1 aromatic carbocycles. The molecule has 0 saturated heterocycles. The molecule has 1 aromatic heterocycles. The number of carbonyl (C=O) groups excluding carboxylic acids is 1. The molecule has 4 heteroatoms. The highest BCUT2D eigenvalue weighted by atomic mass is 79.9. The quantitative estimate of drug-likeness (QED) is 0.657. The third kappa shape index (κ3) is 3.31. The van der Waals surface area contributed by atoms with Gasteiger partial charge >= 0.3 is 0 Å². The molecule has 0 fully saturated rings. The summed E-state index contributed by atoms with van der Waals surface area (Å²) in [4.78, 5) is 12.5. The van der Waals surface area contributed by atoms with Crippen molar-refractivity contribution in [1.29, 1.82) is 0 Å². The number of ketones is 1. The first-order chi connectivity index (χ1) is 8.66. The molecule has 2 rings (SSSR count). The number of nitrogens with one attached hydrogen (secondary N) is 1. The van der Waals surface area contributed by atoms with Gasteiger partial charge in [0, 0.05) is 16.7 Å². The number of anilines is 1. The summed E-state index contributed by atoms with van der Waals surface area (Å²) < 4.78 is 0.982. The monoisotopic (exact) mass is 321 g/mol. The molecule has 1 heterocycles.